The molecular weight excluding hydrogens is 392 g/mol. The van der Waals surface area contributed by atoms with Gasteiger partial charge in [-0.25, -0.2) is 4.68 Å². The fourth-order valence-electron chi connectivity index (χ4n) is 3.54. The third-order valence-corrected chi connectivity index (χ3v) is 5.47. The van der Waals surface area contributed by atoms with Crippen molar-refractivity contribution in [1.82, 2.24) is 30.1 Å². The summed E-state index contributed by atoms with van der Waals surface area (Å²) in [6, 6.07) is 17.2. The molecule has 0 spiro atoms. The Morgan fingerprint density at radius 1 is 0.935 bits per heavy atom. The molecule has 2 aromatic carbocycles. The molecule has 8 heteroatoms. The van der Waals surface area contributed by atoms with Crippen molar-refractivity contribution in [2.45, 2.75) is 13.1 Å². The van der Waals surface area contributed by atoms with Crippen molar-refractivity contribution in [2.24, 2.45) is 0 Å². The van der Waals surface area contributed by atoms with Gasteiger partial charge in [0.15, 0.2) is 0 Å². The Hall–Kier alpha value is -3.52. The number of carbonyl (C=O) groups excluding carboxylic acids is 2. The molecule has 1 saturated heterocycles. The fourth-order valence-corrected chi connectivity index (χ4v) is 3.54. The molecule has 1 N–H and O–H groups in total. The van der Waals surface area contributed by atoms with Crippen LogP contribution in [0.25, 0.3) is 0 Å². The molecule has 1 aliphatic rings. The lowest BCUT2D eigenvalue weighted by Gasteiger charge is -2.32. The van der Waals surface area contributed by atoms with E-state index in [9.17, 15) is 9.59 Å². The van der Waals surface area contributed by atoms with Gasteiger partial charge < -0.3 is 15.1 Å². The normalized spacial score (nSPS) is 14.4. The second-order valence-electron chi connectivity index (χ2n) is 7.74. The number of hydrogen-bond acceptors (Lipinski definition) is 5. The Balaban J connectivity index is 1.37. The van der Waals surface area contributed by atoms with E-state index in [2.05, 4.69) is 27.6 Å². The first-order chi connectivity index (χ1) is 15.1. The van der Waals surface area contributed by atoms with Crippen LogP contribution in [0, 0.1) is 0 Å². The number of nitrogens with zero attached hydrogens (tertiary/aromatic N) is 5. The standard InChI is InChI=1S/C23H26N6O2/c1-27-11-13-28(14-12-27)23(31)20-9-7-19(8-10-20)17-29-21(16-25-26-29)22(30)24-15-18-5-3-2-4-6-18/h2-10,16H,11-15,17H2,1H3,(H,24,30). The minimum absolute atomic E-state index is 0.0568. The van der Waals surface area contributed by atoms with Crippen molar-refractivity contribution in [1.29, 1.82) is 0 Å². The number of benzene rings is 2. The minimum atomic E-state index is -0.226. The van der Waals surface area contributed by atoms with E-state index in [0.29, 0.717) is 24.3 Å². The first-order valence-corrected chi connectivity index (χ1v) is 10.4. The molecule has 1 aliphatic heterocycles. The van der Waals surface area contributed by atoms with Crippen molar-refractivity contribution in [3.8, 4) is 0 Å². The minimum Gasteiger partial charge on any atom is -0.347 e. The molecule has 8 nitrogen and oxygen atoms in total. The summed E-state index contributed by atoms with van der Waals surface area (Å²) in [5.74, 6) is -0.169. The molecule has 0 radical (unpaired) electrons. The highest BCUT2D eigenvalue weighted by Crippen LogP contribution is 2.12. The largest absolute Gasteiger partial charge is 0.347 e. The number of piperazine rings is 1. The van der Waals surface area contributed by atoms with Crippen molar-refractivity contribution < 1.29 is 9.59 Å². The molecule has 1 fully saturated rings. The molecule has 160 valence electrons. The number of carbonyl (C=O) groups is 2. The lowest BCUT2D eigenvalue weighted by molar-refractivity contribution is 0.0664. The molecule has 3 aromatic rings. The summed E-state index contributed by atoms with van der Waals surface area (Å²) in [5, 5.41) is 10.8. The van der Waals surface area contributed by atoms with Crippen molar-refractivity contribution >= 4 is 11.8 Å². The van der Waals surface area contributed by atoms with Gasteiger partial charge in [-0.1, -0.05) is 47.7 Å². The van der Waals surface area contributed by atoms with E-state index in [1.807, 2.05) is 59.5 Å². The lowest BCUT2D eigenvalue weighted by Crippen LogP contribution is -2.47. The van der Waals surface area contributed by atoms with Crippen LogP contribution in [0.15, 0.2) is 60.8 Å². The molecule has 0 aliphatic carbocycles. The molecule has 0 bridgehead atoms. The summed E-state index contributed by atoms with van der Waals surface area (Å²) in [7, 11) is 2.07. The predicted octanol–water partition coefficient (Wildman–Crippen LogP) is 1.64. The van der Waals surface area contributed by atoms with Gasteiger partial charge in [0.05, 0.1) is 12.7 Å². The zero-order valence-electron chi connectivity index (χ0n) is 17.6. The second kappa shape index (κ2) is 9.53. The molecule has 2 heterocycles. The Labute approximate surface area is 181 Å². The van der Waals surface area contributed by atoms with E-state index in [-0.39, 0.29) is 11.8 Å². The SMILES string of the molecule is CN1CCN(C(=O)c2ccc(Cn3nncc3C(=O)NCc3ccccc3)cc2)CC1. The highest BCUT2D eigenvalue weighted by Gasteiger charge is 2.20. The van der Waals surface area contributed by atoms with Gasteiger partial charge in [0, 0.05) is 38.3 Å². The van der Waals surface area contributed by atoms with Crippen molar-refractivity contribution in [3.05, 3.63) is 83.2 Å². The van der Waals surface area contributed by atoms with E-state index in [0.717, 1.165) is 37.3 Å². The van der Waals surface area contributed by atoms with E-state index < -0.39 is 0 Å². The number of rotatable bonds is 6. The summed E-state index contributed by atoms with van der Waals surface area (Å²) in [4.78, 5) is 29.4. The van der Waals surface area contributed by atoms with Crippen LogP contribution in [-0.4, -0.2) is 69.8 Å². The summed E-state index contributed by atoms with van der Waals surface area (Å²) >= 11 is 0. The molecule has 4 rings (SSSR count). The summed E-state index contributed by atoms with van der Waals surface area (Å²) < 4.78 is 1.57. The molecule has 2 amide bonds. The van der Waals surface area contributed by atoms with Crippen LogP contribution < -0.4 is 5.32 Å². The van der Waals surface area contributed by atoms with Gasteiger partial charge >= 0.3 is 0 Å². The van der Waals surface area contributed by atoms with E-state index >= 15 is 0 Å². The smallest absolute Gasteiger partial charge is 0.271 e. The highest BCUT2D eigenvalue weighted by molar-refractivity contribution is 5.94. The molecule has 0 saturated carbocycles. The quantitative estimate of drug-likeness (QED) is 0.658. The van der Waals surface area contributed by atoms with Crippen LogP contribution >= 0.6 is 0 Å². The molecule has 0 atom stereocenters. The van der Waals surface area contributed by atoms with Crippen LogP contribution in [0.4, 0.5) is 0 Å². The predicted molar refractivity (Wildman–Crippen MR) is 117 cm³/mol. The Morgan fingerprint density at radius 2 is 1.65 bits per heavy atom. The van der Waals surface area contributed by atoms with E-state index in [1.165, 1.54) is 6.20 Å². The maximum atomic E-state index is 12.7. The zero-order chi connectivity index (χ0) is 21.6. The topological polar surface area (TPSA) is 83.4 Å². The van der Waals surface area contributed by atoms with Crippen molar-refractivity contribution in [3.63, 3.8) is 0 Å². The van der Waals surface area contributed by atoms with Crippen LogP contribution in [0.5, 0.6) is 0 Å². The molecular formula is C23H26N6O2. The Morgan fingerprint density at radius 3 is 2.35 bits per heavy atom. The van der Waals surface area contributed by atoms with Crippen molar-refractivity contribution in [2.75, 3.05) is 33.2 Å². The fraction of sp³-hybridized carbons (Fsp3) is 0.304. The highest BCUT2D eigenvalue weighted by atomic mass is 16.2. The third kappa shape index (κ3) is 5.16. The first kappa shape index (κ1) is 20.7. The average Bonchev–Trinajstić information content (AvgIpc) is 3.27. The maximum absolute atomic E-state index is 12.7. The number of nitrogens with one attached hydrogen (secondary N) is 1. The van der Waals surface area contributed by atoms with Gasteiger partial charge in [0.2, 0.25) is 0 Å². The van der Waals surface area contributed by atoms with Gasteiger partial charge in [0.25, 0.3) is 11.8 Å². The first-order valence-electron chi connectivity index (χ1n) is 10.4. The third-order valence-electron chi connectivity index (χ3n) is 5.47. The zero-order valence-corrected chi connectivity index (χ0v) is 17.6. The molecule has 0 unspecified atom stereocenters. The summed E-state index contributed by atoms with van der Waals surface area (Å²) in [5.41, 5.74) is 3.04. The van der Waals surface area contributed by atoms with Gasteiger partial charge in [-0.2, -0.15) is 0 Å². The van der Waals surface area contributed by atoms with Gasteiger partial charge in [-0.15, -0.1) is 5.10 Å². The lowest BCUT2D eigenvalue weighted by atomic mass is 10.1. The van der Waals surface area contributed by atoms with Gasteiger partial charge in [-0.05, 0) is 30.3 Å². The number of aromatic nitrogens is 3. The number of hydrogen-bond donors (Lipinski definition) is 1. The summed E-state index contributed by atoms with van der Waals surface area (Å²) in [6.45, 7) is 4.12. The van der Waals surface area contributed by atoms with Crippen LogP contribution in [0.2, 0.25) is 0 Å². The molecule has 31 heavy (non-hydrogen) atoms. The Bertz CT molecular complexity index is 1020. The van der Waals surface area contributed by atoms with Gasteiger partial charge in [0.1, 0.15) is 5.69 Å². The Kier molecular flexibility index (Phi) is 6.37. The van der Waals surface area contributed by atoms with Gasteiger partial charge in [-0.3, -0.25) is 9.59 Å². The van der Waals surface area contributed by atoms with Crippen LogP contribution in [0.1, 0.15) is 32.0 Å². The van der Waals surface area contributed by atoms with Crippen LogP contribution in [0.3, 0.4) is 0 Å². The summed E-state index contributed by atoms with van der Waals surface area (Å²) in [6.07, 6.45) is 1.46. The molecule has 1 aromatic heterocycles. The monoisotopic (exact) mass is 418 g/mol. The average molecular weight is 419 g/mol. The number of likely N-dealkylation sites (N-methyl/N-ethyl adjacent to an activating group) is 1. The maximum Gasteiger partial charge on any atom is 0.271 e. The number of amides is 2. The van der Waals surface area contributed by atoms with E-state index in [1.54, 1.807) is 4.68 Å². The van der Waals surface area contributed by atoms with Crippen LogP contribution in [-0.2, 0) is 13.1 Å². The second-order valence-corrected chi connectivity index (χ2v) is 7.74. The van der Waals surface area contributed by atoms with E-state index in [4.69, 9.17) is 0 Å².